The van der Waals surface area contributed by atoms with Crippen LogP contribution < -0.4 is 0 Å². The first kappa shape index (κ1) is 8.25. The number of hydrogen-bond acceptors (Lipinski definition) is 0. The zero-order valence-corrected chi connectivity index (χ0v) is 11.8. The van der Waals surface area contributed by atoms with Gasteiger partial charge in [0.05, 0.1) is 3.23 Å². The highest BCUT2D eigenvalue weighted by Crippen LogP contribution is 2.82. The van der Waals surface area contributed by atoms with Crippen molar-refractivity contribution in [3.05, 3.63) is 0 Å². The fourth-order valence-electron chi connectivity index (χ4n) is 2.66. The van der Waals surface area contributed by atoms with E-state index in [0.29, 0.717) is 0 Å². The number of halogens is 4. The van der Waals surface area contributed by atoms with Gasteiger partial charge < -0.3 is 0 Å². The molecule has 0 aliphatic heterocycles. The molecule has 4 heteroatoms. The average molecular weight is 410 g/mol. The predicted octanol–water partition coefficient (Wildman–Crippen LogP) is 3.51. The summed E-state index contributed by atoms with van der Waals surface area (Å²) in [4.78, 5) is 1.51. The van der Waals surface area contributed by atoms with Gasteiger partial charge in [-0.1, -0.05) is 63.7 Å². The van der Waals surface area contributed by atoms with Gasteiger partial charge in [-0.15, -0.1) is 0 Å². The molecule has 3 fully saturated rings. The van der Waals surface area contributed by atoms with Crippen molar-refractivity contribution in [2.75, 3.05) is 0 Å². The van der Waals surface area contributed by atoms with Gasteiger partial charge in [0.15, 0.2) is 0 Å². The van der Waals surface area contributed by atoms with Crippen molar-refractivity contribution in [3.8, 4) is 0 Å². The quantitative estimate of drug-likeness (QED) is 0.537. The summed E-state index contributed by atoms with van der Waals surface area (Å²) < 4.78 is 0.276. The van der Waals surface area contributed by atoms with Crippen LogP contribution in [0.3, 0.4) is 0 Å². The smallest absolute Gasteiger partial charge is 0.0882 e. The third kappa shape index (κ3) is 0.816. The van der Waals surface area contributed by atoms with Crippen LogP contribution >= 0.6 is 63.7 Å². The van der Waals surface area contributed by atoms with E-state index in [0.717, 1.165) is 33.3 Å². The van der Waals surface area contributed by atoms with Gasteiger partial charge in [0, 0.05) is 15.6 Å². The largest absolute Gasteiger partial charge is 0.0884 e. The Morgan fingerprint density at radius 2 is 1.45 bits per heavy atom. The molecule has 0 nitrogen and oxygen atoms in total. The van der Waals surface area contributed by atoms with Crippen LogP contribution in [-0.4, -0.2) is 12.9 Å². The summed E-state index contributed by atoms with van der Waals surface area (Å²) in [7, 11) is 0. The minimum Gasteiger partial charge on any atom is -0.0884 e. The molecule has 0 N–H and O–H groups in total. The highest BCUT2D eigenvalue weighted by Gasteiger charge is 2.82. The van der Waals surface area contributed by atoms with Gasteiger partial charge >= 0.3 is 0 Å². The molecule has 0 heterocycles. The number of rotatable bonds is 0. The molecule has 0 bridgehead atoms. The second kappa shape index (κ2) is 2.12. The van der Waals surface area contributed by atoms with Crippen LogP contribution in [0.15, 0.2) is 0 Å². The van der Waals surface area contributed by atoms with Crippen molar-refractivity contribution >= 4 is 63.7 Å². The molecule has 62 valence electrons. The zero-order valence-electron chi connectivity index (χ0n) is 5.48. The number of alkyl halides is 4. The van der Waals surface area contributed by atoms with Crippen LogP contribution in [0.1, 0.15) is 0 Å². The maximum atomic E-state index is 3.78. The molecule has 0 radical (unpaired) electrons. The fourth-order valence-corrected chi connectivity index (χ4v) is 8.45. The molecule has 6 atom stereocenters. The van der Waals surface area contributed by atoms with Crippen LogP contribution in [0.5, 0.6) is 0 Å². The minimum absolute atomic E-state index is 0.276. The Hall–Kier alpha value is 1.92. The Morgan fingerprint density at radius 1 is 0.818 bits per heavy atom. The molecule has 0 aromatic carbocycles. The summed E-state index contributed by atoms with van der Waals surface area (Å²) in [5.41, 5.74) is 0. The van der Waals surface area contributed by atoms with E-state index in [1.54, 1.807) is 0 Å². The van der Waals surface area contributed by atoms with Crippen LogP contribution in [0.25, 0.3) is 0 Å². The molecule has 11 heavy (non-hydrogen) atoms. The summed E-state index contributed by atoms with van der Waals surface area (Å²) in [6, 6.07) is 0. The van der Waals surface area contributed by atoms with Crippen molar-refractivity contribution in [3.63, 3.8) is 0 Å². The van der Waals surface area contributed by atoms with Crippen molar-refractivity contribution in [2.45, 2.75) is 12.9 Å². The Morgan fingerprint density at radius 3 is 1.91 bits per heavy atom. The lowest BCUT2D eigenvalue weighted by molar-refractivity contribution is 0.711. The van der Waals surface area contributed by atoms with E-state index in [9.17, 15) is 0 Å². The lowest BCUT2D eigenvalue weighted by Gasteiger charge is -2.07. The molecule has 0 aromatic rings. The van der Waals surface area contributed by atoms with E-state index in [4.69, 9.17) is 0 Å². The van der Waals surface area contributed by atoms with Crippen molar-refractivity contribution in [1.82, 2.24) is 0 Å². The van der Waals surface area contributed by atoms with Gasteiger partial charge in [0.2, 0.25) is 0 Å². The average Bonchev–Trinajstić information content (AvgIpc) is 2.58. The lowest BCUT2D eigenvalue weighted by atomic mass is 10.2. The third-order valence-electron chi connectivity index (χ3n) is 3.33. The second-order valence-electron chi connectivity index (χ2n) is 3.77. The Kier molecular flexibility index (Phi) is 1.59. The maximum Gasteiger partial charge on any atom is 0.0882 e. The first-order chi connectivity index (χ1) is 5.07. The van der Waals surface area contributed by atoms with Gasteiger partial charge in [-0.05, 0) is 17.8 Å². The molecule has 0 spiro atoms. The van der Waals surface area contributed by atoms with Crippen LogP contribution in [0, 0.1) is 23.7 Å². The van der Waals surface area contributed by atoms with E-state index < -0.39 is 0 Å². The Bertz CT molecular complexity index is 224. The van der Waals surface area contributed by atoms with Crippen molar-refractivity contribution in [2.24, 2.45) is 23.7 Å². The van der Waals surface area contributed by atoms with E-state index in [2.05, 4.69) is 63.7 Å². The first-order valence-corrected chi connectivity index (χ1v) is 7.14. The first-order valence-electron chi connectivity index (χ1n) is 3.73. The summed E-state index contributed by atoms with van der Waals surface area (Å²) in [6.45, 7) is 0. The number of fused-ring (bicyclic) bond motifs is 3. The van der Waals surface area contributed by atoms with Gasteiger partial charge in [0.1, 0.15) is 0 Å². The van der Waals surface area contributed by atoms with Crippen LogP contribution in [-0.2, 0) is 0 Å². The monoisotopic (exact) mass is 406 g/mol. The summed E-state index contributed by atoms with van der Waals surface area (Å²) >= 11 is 15.0. The predicted molar refractivity (Wildman–Crippen MR) is 60.0 cm³/mol. The van der Waals surface area contributed by atoms with Crippen LogP contribution in [0.2, 0.25) is 0 Å². The summed E-state index contributed by atoms with van der Waals surface area (Å²) in [5, 5.41) is 0. The van der Waals surface area contributed by atoms with Gasteiger partial charge in [0.25, 0.3) is 0 Å². The van der Waals surface area contributed by atoms with Crippen molar-refractivity contribution in [1.29, 1.82) is 0 Å². The van der Waals surface area contributed by atoms with Crippen molar-refractivity contribution < 1.29 is 0 Å². The molecule has 3 rings (SSSR count). The number of hydrogen-bond donors (Lipinski definition) is 0. The molecule has 3 aliphatic rings. The fraction of sp³-hybridized carbons (Fsp3) is 1.00. The highest BCUT2D eigenvalue weighted by atomic mass is 79.9. The van der Waals surface area contributed by atoms with Crippen LogP contribution in [0.4, 0.5) is 0 Å². The molecule has 0 unspecified atom stereocenters. The van der Waals surface area contributed by atoms with Gasteiger partial charge in [-0.3, -0.25) is 0 Å². The topological polar surface area (TPSA) is 0 Å². The van der Waals surface area contributed by atoms with E-state index in [1.165, 1.54) is 0 Å². The third-order valence-corrected chi connectivity index (χ3v) is 7.85. The Balaban J connectivity index is 1.93. The molecular weight excluding hydrogens is 404 g/mol. The van der Waals surface area contributed by atoms with E-state index in [-0.39, 0.29) is 3.23 Å². The van der Waals surface area contributed by atoms with Gasteiger partial charge in [-0.25, -0.2) is 0 Å². The zero-order chi connectivity index (χ0) is 7.96. The standard InChI is InChI=1S/C7H6Br4/c8-5-1-2(5)6(9)4-3(1)7(4,10)11/h1-6H/t1-,2-,3+,4+,5+,6+/m0/s1. The normalized spacial score (nSPS) is 68.7. The molecule has 0 amide bonds. The molecule has 0 saturated heterocycles. The molecule has 3 aliphatic carbocycles. The Labute approximate surface area is 99.4 Å². The summed E-state index contributed by atoms with van der Waals surface area (Å²) in [5.74, 6) is 3.52. The molecular formula is C7H6Br4. The second-order valence-corrected chi connectivity index (χ2v) is 9.57. The molecule has 0 aromatic heterocycles. The minimum atomic E-state index is 0.276. The lowest BCUT2D eigenvalue weighted by Crippen LogP contribution is -2.09. The van der Waals surface area contributed by atoms with E-state index >= 15 is 0 Å². The highest BCUT2D eigenvalue weighted by molar-refractivity contribution is 9.25. The maximum absolute atomic E-state index is 3.78. The SMILES string of the molecule is Br[C@@H]1[C@@H]2[C@H](Br)[C@@H]2[C@@H]2[C@H]1C2(Br)Br. The van der Waals surface area contributed by atoms with E-state index in [1.807, 2.05) is 0 Å². The van der Waals surface area contributed by atoms with Gasteiger partial charge in [-0.2, -0.15) is 0 Å². The molecule has 3 saturated carbocycles. The summed E-state index contributed by atoms with van der Waals surface area (Å²) in [6.07, 6.45) is 0.